The molecule has 0 atom stereocenters. The lowest BCUT2D eigenvalue weighted by Crippen LogP contribution is -2.13. The summed E-state index contributed by atoms with van der Waals surface area (Å²) in [5, 5.41) is 12.2. The Morgan fingerprint density at radius 3 is 2.48 bits per heavy atom. The molecule has 0 aliphatic rings. The maximum absolute atomic E-state index is 12.1. The van der Waals surface area contributed by atoms with Crippen LogP contribution in [0.5, 0.6) is 0 Å². The number of benzene rings is 2. The molecule has 0 saturated heterocycles. The van der Waals surface area contributed by atoms with Gasteiger partial charge in [-0.15, -0.1) is 10.2 Å². The van der Waals surface area contributed by atoms with Crippen LogP contribution in [0.3, 0.4) is 0 Å². The van der Waals surface area contributed by atoms with Gasteiger partial charge in [0, 0.05) is 11.1 Å². The number of ketones is 1. The number of hydrogen-bond donors (Lipinski definition) is 0. The quantitative estimate of drug-likeness (QED) is 0.688. The second kappa shape index (κ2) is 5.66. The molecule has 0 spiro atoms. The summed E-state index contributed by atoms with van der Waals surface area (Å²) < 4.78 is 0. The van der Waals surface area contributed by atoms with E-state index in [0.29, 0.717) is 11.4 Å². The summed E-state index contributed by atoms with van der Waals surface area (Å²) in [4.78, 5) is 13.4. The Hall–Kier alpha value is -2.82. The number of hydrogen-bond acceptors (Lipinski definition) is 4. The molecule has 0 radical (unpaired) electrons. The molecule has 0 unspecified atom stereocenters. The van der Waals surface area contributed by atoms with Crippen molar-refractivity contribution < 1.29 is 4.79 Å². The van der Waals surface area contributed by atoms with E-state index in [0.717, 1.165) is 5.56 Å². The highest BCUT2D eigenvalue weighted by Crippen LogP contribution is 2.14. The molecule has 21 heavy (non-hydrogen) atoms. The van der Waals surface area contributed by atoms with E-state index in [4.69, 9.17) is 0 Å². The van der Waals surface area contributed by atoms with Gasteiger partial charge in [-0.1, -0.05) is 60.2 Å². The van der Waals surface area contributed by atoms with Crippen LogP contribution in [0.15, 0.2) is 54.6 Å². The highest BCUT2D eigenvalue weighted by molar-refractivity contribution is 5.95. The van der Waals surface area contributed by atoms with Gasteiger partial charge in [0.1, 0.15) is 6.54 Å². The molecule has 0 bridgehead atoms. The predicted octanol–water partition coefficient (Wildman–Crippen LogP) is 2.53. The van der Waals surface area contributed by atoms with Gasteiger partial charge in [-0.2, -0.15) is 4.80 Å². The average molecular weight is 278 g/mol. The van der Waals surface area contributed by atoms with Crippen LogP contribution in [-0.4, -0.2) is 26.0 Å². The van der Waals surface area contributed by atoms with Crippen LogP contribution < -0.4 is 0 Å². The van der Waals surface area contributed by atoms with E-state index in [9.17, 15) is 4.79 Å². The maximum atomic E-state index is 12.1. The standard InChI is InChI=1S/C16H14N4O/c1-12-7-9-14(10-8-12)16-17-19-20(18-16)11-15(21)13-5-3-2-4-6-13/h2-10H,11H2,1H3. The first-order chi connectivity index (χ1) is 10.2. The lowest BCUT2D eigenvalue weighted by molar-refractivity contribution is 0.0961. The zero-order chi connectivity index (χ0) is 14.7. The first-order valence-corrected chi connectivity index (χ1v) is 6.65. The summed E-state index contributed by atoms with van der Waals surface area (Å²) in [7, 11) is 0. The molecule has 1 aromatic heterocycles. The lowest BCUT2D eigenvalue weighted by Gasteiger charge is -1.99. The molecule has 0 amide bonds. The maximum Gasteiger partial charge on any atom is 0.204 e. The number of carbonyl (C=O) groups is 1. The summed E-state index contributed by atoms with van der Waals surface area (Å²) in [6.45, 7) is 2.11. The van der Waals surface area contributed by atoms with Crippen molar-refractivity contribution in [1.82, 2.24) is 20.2 Å². The van der Waals surface area contributed by atoms with Gasteiger partial charge in [0.25, 0.3) is 0 Å². The number of tetrazole rings is 1. The molecule has 2 aromatic carbocycles. The molecule has 0 saturated carbocycles. The van der Waals surface area contributed by atoms with Gasteiger partial charge < -0.3 is 0 Å². The van der Waals surface area contributed by atoms with Crippen molar-refractivity contribution in [2.75, 3.05) is 0 Å². The van der Waals surface area contributed by atoms with Crippen molar-refractivity contribution in [3.63, 3.8) is 0 Å². The van der Waals surface area contributed by atoms with E-state index < -0.39 is 0 Å². The number of Topliss-reactive ketones (excluding diaryl/α,β-unsaturated/α-hetero) is 1. The van der Waals surface area contributed by atoms with Crippen LogP contribution in [0.4, 0.5) is 0 Å². The number of carbonyl (C=O) groups excluding carboxylic acids is 1. The fourth-order valence-corrected chi connectivity index (χ4v) is 1.97. The molecule has 0 aliphatic heterocycles. The second-order valence-electron chi connectivity index (χ2n) is 4.80. The highest BCUT2D eigenvalue weighted by atomic mass is 16.1. The fraction of sp³-hybridized carbons (Fsp3) is 0.125. The zero-order valence-corrected chi connectivity index (χ0v) is 11.6. The van der Waals surface area contributed by atoms with Crippen LogP contribution in [-0.2, 0) is 6.54 Å². The van der Waals surface area contributed by atoms with Crippen LogP contribution in [0.1, 0.15) is 15.9 Å². The van der Waals surface area contributed by atoms with E-state index in [1.807, 2.05) is 49.4 Å². The van der Waals surface area contributed by atoms with Gasteiger partial charge in [-0.25, -0.2) is 0 Å². The van der Waals surface area contributed by atoms with E-state index >= 15 is 0 Å². The van der Waals surface area contributed by atoms with Crippen molar-refractivity contribution in [3.8, 4) is 11.4 Å². The minimum atomic E-state index is -0.0385. The Morgan fingerprint density at radius 2 is 1.76 bits per heavy atom. The Kier molecular flexibility index (Phi) is 3.55. The van der Waals surface area contributed by atoms with Gasteiger partial charge in [0.2, 0.25) is 5.82 Å². The SMILES string of the molecule is Cc1ccc(-c2nnn(CC(=O)c3ccccc3)n2)cc1. The van der Waals surface area contributed by atoms with Crippen molar-refractivity contribution in [2.45, 2.75) is 13.5 Å². The number of nitrogens with zero attached hydrogens (tertiary/aromatic N) is 4. The van der Waals surface area contributed by atoms with Crippen molar-refractivity contribution in [2.24, 2.45) is 0 Å². The molecule has 104 valence electrons. The lowest BCUT2D eigenvalue weighted by atomic mass is 10.1. The largest absolute Gasteiger partial charge is 0.292 e. The minimum Gasteiger partial charge on any atom is -0.292 e. The number of rotatable bonds is 4. The topological polar surface area (TPSA) is 60.7 Å². The Morgan fingerprint density at radius 1 is 1.05 bits per heavy atom. The zero-order valence-electron chi connectivity index (χ0n) is 11.6. The minimum absolute atomic E-state index is 0.0385. The second-order valence-corrected chi connectivity index (χ2v) is 4.80. The third kappa shape index (κ3) is 3.02. The van der Waals surface area contributed by atoms with Crippen LogP contribution >= 0.6 is 0 Å². The molecule has 0 fully saturated rings. The molecule has 3 rings (SSSR count). The van der Waals surface area contributed by atoms with E-state index in [1.165, 1.54) is 10.4 Å². The summed E-state index contributed by atoms with van der Waals surface area (Å²) in [6.07, 6.45) is 0. The molecular formula is C16H14N4O. The Balaban J connectivity index is 1.76. The van der Waals surface area contributed by atoms with E-state index in [-0.39, 0.29) is 12.3 Å². The smallest absolute Gasteiger partial charge is 0.204 e. The summed E-state index contributed by atoms with van der Waals surface area (Å²) >= 11 is 0. The predicted molar refractivity (Wildman–Crippen MR) is 78.8 cm³/mol. The van der Waals surface area contributed by atoms with Gasteiger partial charge >= 0.3 is 0 Å². The fourth-order valence-electron chi connectivity index (χ4n) is 1.97. The van der Waals surface area contributed by atoms with Crippen LogP contribution in [0.25, 0.3) is 11.4 Å². The molecule has 5 heteroatoms. The molecular weight excluding hydrogens is 264 g/mol. The third-order valence-corrected chi connectivity index (χ3v) is 3.14. The van der Waals surface area contributed by atoms with Gasteiger partial charge in [0.15, 0.2) is 5.78 Å². The summed E-state index contributed by atoms with van der Waals surface area (Å²) in [5.74, 6) is 0.485. The van der Waals surface area contributed by atoms with Crippen molar-refractivity contribution in [1.29, 1.82) is 0 Å². The van der Waals surface area contributed by atoms with Crippen LogP contribution in [0.2, 0.25) is 0 Å². The number of aromatic nitrogens is 4. The molecule has 3 aromatic rings. The van der Waals surface area contributed by atoms with Crippen molar-refractivity contribution in [3.05, 3.63) is 65.7 Å². The Labute approximate surface area is 122 Å². The van der Waals surface area contributed by atoms with Crippen molar-refractivity contribution >= 4 is 5.78 Å². The molecule has 1 heterocycles. The summed E-state index contributed by atoms with van der Waals surface area (Å²) in [5.41, 5.74) is 2.70. The number of aryl methyl sites for hydroxylation is 1. The van der Waals surface area contributed by atoms with E-state index in [1.54, 1.807) is 12.1 Å². The molecule has 0 N–H and O–H groups in total. The third-order valence-electron chi connectivity index (χ3n) is 3.14. The highest BCUT2D eigenvalue weighted by Gasteiger charge is 2.10. The van der Waals surface area contributed by atoms with Gasteiger partial charge in [-0.05, 0) is 12.1 Å². The monoisotopic (exact) mass is 278 g/mol. The molecule has 0 aliphatic carbocycles. The van der Waals surface area contributed by atoms with Gasteiger partial charge in [0.05, 0.1) is 0 Å². The summed E-state index contributed by atoms with van der Waals surface area (Å²) in [6, 6.07) is 17.0. The average Bonchev–Trinajstić information content (AvgIpc) is 2.97. The Bertz CT molecular complexity index is 747. The van der Waals surface area contributed by atoms with E-state index in [2.05, 4.69) is 15.4 Å². The van der Waals surface area contributed by atoms with Crippen LogP contribution in [0, 0.1) is 6.92 Å². The van der Waals surface area contributed by atoms with Gasteiger partial charge in [-0.3, -0.25) is 4.79 Å². The molecule has 5 nitrogen and oxygen atoms in total. The first kappa shape index (κ1) is 13.2. The first-order valence-electron chi connectivity index (χ1n) is 6.65. The normalized spacial score (nSPS) is 10.5.